The van der Waals surface area contributed by atoms with Crippen LogP contribution in [0.5, 0.6) is 5.75 Å². The lowest BCUT2D eigenvalue weighted by atomic mass is 10.1. The summed E-state index contributed by atoms with van der Waals surface area (Å²) < 4.78 is 38.3. The van der Waals surface area contributed by atoms with Gasteiger partial charge in [-0.15, -0.1) is 0 Å². The van der Waals surface area contributed by atoms with E-state index < -0.39 is 10.0 Å². The van der Waals surface area contributed by atoms with Gasteiger partial charge in [-0.1, -0.05) is 82.7 Å². The monoisotopic (exact) mass is 489 g/mol. The third-order valence-electron chi connectivity index (χ3n) is 4.34. The molecule has 0 bridgehead atoms. The molecular weight excluding hydrogens is 466 g/mol. The van der Waals surface area contributed by atoms with Gasteiger partial charge in [0.25, 0.3) is 0 Å². The van der Waals surface area contributed by atoms with E-state index in [4.69, 9.17) is 9.47 Å². The highest BCUT2D eigenvalue weighted by atomic mass is 79.9. The Morgan fingerprint density at radius 2 is 1.50 bits per heavy atom. The first-order valence-corrected chi connectivity index (χ1v) is 12.5. The fraction of sp³-hybridized carbons (Fsp3) is 0.217. The molecule has 1 N–H and O–H groups in total. The first-order chi connectivity index (χ1) is 14.4. The van der Waals surface area contributed by atoms with Crippen molar-refractivity contribution < 1.29 is 17.9 Å². The molecule has 0 aliphatic rings. The number of anilines is 1. The maximum Gasteiger partial charge on any atom is 0.229 e. The Hall–Kier alpha value is -2.35. The van der Waals surface area contributed by atoms with Crippen molar-refractivity contribution in [2.24, 2.45) is 0 Å². The minimum absolute atomic E-state index is 0.242. The van der Waals surface area contributed by atoms with Crippen molar-refractivity contribution >= 4 is 31.6 Å². The van der Waals surface area contributed by atoms with Gasteiger partial charge < -0.3 is 9.47 Å². The van der Waals surface area contributed by atoms with E-state index in [1.807, 2.05) is 66.7 Å². The van der Waals surface area contributed by atoms with E-state index in [0.717, 1.165) is 22.9 Å². The van der Waals surface area contributed by atoms with E-state index in [1.165, 1.54) is 0 Å². The molecule has 7 heteroatoms. The molecule has 5 nitrogen and oxygen atoms in total. The molecule has 30 heavy (non-hydrogen) atoms. The summed E-state index contributed by atoms with van der Waals surface area (Å²) in [7, 11) is -3.47. The fourth-order valence-electron chi connectivity index (χ4n) is 2.89. The van der Waals surface area contributed by atoms with Gasteiger partial charge in [-0.2, -0.15) is 0 Å². The van der Waals surface area contributed by atoms with E-state index >= 15 is 0 Å². The van der Waals surface area contributed by atoms with Crippen LogP contribution in [0.15, 0.2) is 78.9 Å². The Labute approximate surface area is 186 Å². The summed E-state index contributed by atoms with van der Waals surface area (Å²) in [4.78, 5) is 0. The number of benzene rings is 3. The maximum absolute atomic E-state index is 11.9. The molecule has 0 heterocycles. The standard InChI is InChI=1S/C23H24BrNO4S/c1-30(26,27)25-21-14-20(23(15-24)29-17-19-10-6-3-7-11-19)12-13-22(21)28-16-18-8-4-2-5-9-18/h2-14,23,25H,15-17H2,1H3. The van der Waals surface area contributed by atoms with Gasteiger partial charge in [-0.3, -0.25) is 4.72 Å². The smallest absolute Gasteiger partial charge is 0.229 e. The zero-order valence-corrected chi connectivity index (χ0v) is 19.0. The van der Waals surface area contributed by atoms with Gasteiger partial charge in [0.2, 0.25) is 10.0 Å². The van der Waals surface area contributed by atoms with Crippen LogP contribution < -0.4 is 9.46 Å². The second kappa shape index (κ2) is 10.6. The molecule has 0 spiro atoms. The lowest BCUT2D eigenvalue weighted by Crippen LogP contribution is -2.13. The number of rotatable bonds is 10. The van der Waals surface area contributed by atoms with Gasteiger partial charge in [0.1, 0.15) is 12.4 Å². The molecular formula is C23H24BrNO4S. The number of nitrogens with one attached hydrogen (secondary N) is 1. The SMILES string of the molecule is CS(=O)(=O)Nc1cc(C(CBr)OCc2ccccc2)ccc1OCc1ccccc1. The van der Waals surface area contributed by atoms with Crippen molar-refractivity contribution in [1.29, 1.82) is 0 Å². The predicted molar refractivity (Wildman–Crippen MR) is 123 cm³/mol. The number of hydrogen-bond donors (Lipinski definition) is 1. The van der Waals surface area contributed by atoms with Crippen LogP contribution in [0.25, 0.3) is 0 Å². The van der Waals surface area contributed by atoms with Crippen LogP contribution in [-0.4, -0.2) is 20.0 Å². The van der Waals surface area contributed by atoms with Gasteiger partial charge >= 0.3 is 0 Å². The second-order valence-electron chi connectivity index (χ2n) is 6.84. The van der Waals surface area contributed by atoms with Crippen molar-refractivity contribution in [1.82, 2.24) is 0 Å². The van der Waals surface area contributed by atoms with E-state index in [-0.39, 0.29) is 6.10 Å². The fourth-order valence-corrected chi connectivity index (χ4v) is 4.01. The van der Waals surface area contributed by atoms with E-state index in [0.29, 0.717) is 30.0 Å². The molecule has 3 rings (SSSR count). The molecule has 158 valence electrons. The van der Waals surface area contributed by atoms with E-state index in [2.05, 4.69) is 20.7 Å². The van der Waals surface area contributed by atoms with Gasteiger partial charge in [0.15, 0.2) is 0 Å². The number of sulfonamides is 1. The maximum atomic E-state index is 11.9. The minimum atomic E-state index is -3.47. The molecule has 0 saturated heterocycles. The van der Waals surface area contributed by atoms with Crippen LogP contribution >= 0.6 is 15.9 Å². The van der Waals surface area contributed by atoms with Crippen molar-refractivity contribution in [2.45, 2.75) is 19.3 Å². The average molecular weight is 490 g/mol. The summed E-state index contributed by atoms with van der Waals surface area (Å²) >= 11 is 3.50. The molecule has 0 aliphatic heterocycles. The van der Waals surface area contributed by atoms with Crippen molar-refractivity contribution in [3.05, 3.63) is 95.6 Å². The van der Waals surface area contributed by atoms with Crippen LogP contribution in [0.4, 0.5) is 5.69 Å². The van der Waals surface area contributed by atoms with Crippen molar-refractivity contribution in [3.63, 3.8) is 0 Å². The average Bonchev–Trinajstić information content (AvgIpc) is 2.74. The summed E-state index contributed by atoms with van der Waals surface area (Å²) in [6.07, 6.45) is 0.877. The normalized spacial score (nSPS) is 12.3. The third kappa shape index (κ3) is 6.86. The first kappa shape index (κ1) is 22.3. The van der Waals surface area contributed by atoms with E-state index in [1.54, 1.807) is 12.1 Å². The molecule has 3 aromatic carbocycles. The first-order valence-electron chi connectivity index (χ1n) is 9.44. The molecule has 0 saturated carbocycles. The zero-order chi connectivity index (χ0) is 21.4. The van der Waals surface area contributed by atoms with Crippen LogP contribution in [0.1, 0.15) is 22.8 Å². The highest BCUT2D eigenvalue weighted by Crippen LogP contribution is 2.32. The number of alkyl halides is 1. The zero-order valence-electron chi connectivity index (χ0n) is 16.6. The molecule has 0 aliphatic carbocycles. The minimum Gasteiger partial charge on any atom is -0.487 e. The summed E-state index contributed by atoms with van der Waals surface area (Å²) in [5.41, 5.74) is 3.30. The number of ether oxygens (including phenoxy) is 2. The van der Waals surface area contributed by atoms with Crippen molar-refractivity contribution in [2.75, 3.05) is 16.3 Å². The third-order valence-corrected chi connectivity index (χ3v) is 5.52. The van der Waals surface area contributed by atoms with Crippen LogP contribution in [-0.2, 0) is 28.0 Å². The predicted octanol–water partition coefficient (Wildman–Crippen LogP) is 5.29. The molecule has 0 amide bonds. The highest BCUT2D eigenvalue weighted by molar-refractivity contribution is 9.09. The number of halogens is 1. The lowest BCUT2D eigenvalue weighted by Gasteiger charge is -2.19. The topological polar surface area (TPSA) is 64.6 Å². The second-order valence-corrected chi connectivity index (χ2v) is 9.24. The van der Waals surface area contributed by atoms with Gasteiger partial charge in [-0.05, 0) is 28.8 Å². The summed E-state index contributed by atoms with van der Waals surface area (Å²) in [6, 6.07) is 25.0. The molecule has 0 aromatic heterocycles. The molecule has 1 unspecified atom stereocenters. The Morgan fingerprint density at radius 3 is 2.07 bits per heavy atom. The Balaban J connectivity index is 1.79. The molecule has 1 atom stereocenters. The highest BCUT2D eigenvalue weighted by Gasteiger charge is 2.16. The summed E-state index contributed by atoms with van der Waals surface area (Å²) in [5, 5.41) is 0.572. The Kier molecular flexibility index (Phi) is 7.90. The van der Waals surface area contributed by atoms with E-state index in [9.17, 15) is 8.42 Å². The lowest BCUT2D eigenvalue weighted by molar-refractivity contribution is 0.0566. The molecule has 3 aromatic rings. The van der Waals surface area contributed by atoms with Crippen LogP contribution in [0.3, 0.4) is 0 Å². The molecule has 0 fully saturated rings. The summed E-state index contributed by atoms with van der Waals surface area (Å²) in [5.74, 6) is 0.462. The van der Waals surface area contributed by atoms with Crippen molar-refractivity contribution in [3.8, 4) is 5.75 Å². The Morgan fingerprint density at radius 1 is 0.900 bits per heavy atom. The van der Waals surface area contributed by atoms with Gasteiger partial charge in [0, 0.05) is 5.33 Å². The molecule has 0 radical (unpaired) electrons. The summed E-state index contributed by atoms with van der Waals surface area (Å²) in [6.45, 7) is 0.795. The van der Waals surface area contributed by atoms with Crippen LogP contribution in [0, 0.1) is 0 Å². The largest absolute Gasteiger partial charge is 0.487 e. The van der Waals surface area contributed by atoms with Crippen LogP contribution in [0.2, 0.25) is 0 Å². The Bertz CT molecular complexity index is 1040. The van der Waals surface area contributed by atoms with Gasteiger partial charge in [-0.25, -0.2) is 8.42 Å². The van der Waals surface area contributed by atoms with Gasteiger partial charge in [0.05, 0.1) is 24.7 Å². The quantitative estimate of drug-likeness (QED) is 0.393. The number of hydrogen-bond acceptors (Lipinski definition) is 4.